The molecule has 0 aromatic carbocycles. The average Bonchev–Trinajstić information content (AvgIpc) is 2.72. The monoisotopic (exact) mass is 281 g/mol. The van der Waals surface area contributed by atoms with Crippen LogP contribution in [0.2, 0.25) is 0 Å². The first-order valence-electron chi connectivity index (χ1n) is 6.44. The SMILES string of the molecule is CC(C)(C)CNC(=O)N1CC(n2cc(C(=O)O)nn2)C1. The van der Waals surface area contributed by atoms with Crippen LogP contribution in [0.1, 0.15) is 37.3 Å². The zero-order valence-corrected chi connectivity index (χ0v) is 11.8. The van der Waals surface area contributed by atoms with Crippen LogP contribution in [0.15, 0.2) is 6.20 Å². The van der Waals surface area contributed by atoms with Gasteiger partial charge in [-0.15, -0.1) is 5.10 Å². The van der Waals surface area contributed by atoms with Crippen LogP contribution in [0.5, 0.6) is 0 Å². The van der Waals surface area contributed by atoms with Gasteiger partial charge in [0.15, 0.2) is 5.69 Å². The highest BCUT2D eigenvalue weighted by Crippen LogP contribution is 2.20. The van der Waals surface area contributed by atoms with Crippen LogP contribution < -0.4 is 5.32 Å². The Morgan fingerprint density at radius 2 is 2.10 bits per heavy atom. The minimum Gasteiger partial charge on any atom is -0.476 e. The van der Waals surface area contributed by atoms with Gasteiger partial charge < -0.3 is 15.3 Å². The third-order valence-electron chi connectivity index (χ3n) is 3.02. The molecule has 8 nitrogen and oxygen atoms in total. The van der Waals surface area contributed by atoms with Crippen molar-refractivity contribution in [1.29, 1.82) is 0 Å². The largest absolute Gasteiger partial charge is 0.476 e. The van der Waals surface area contributed by atoms with E-state index in [2.05, 4.69) is 36.4 Å². The number of carboxylic acids is 1. The molecule has 1 aromatic heterocycles. The van der Waals surface area contributed by atoms with E-state index in [9.17, 15) is 9.59 Å². The number of nitrogens with zero attached hydrogens (tertiary/aromatic N) is 4. The van der Waals surface area contributed by atoms with E-state index in [1.807, 2.05) is 0 Å². The lowest BCUT2D eigenvalue weighted by atomic mass is 9.97. The molecule has 2 heterocycles. The molecule has 2 amide bonds. The molecule has 0 spiro atoms. The summed E-state index contributed by atoms with van der Waals surface area (Å²) in [5.74, 6) is -1.10. The zero-order valence-electron chi connectivity index (χ0n) is 11.8. The van der Waals surface area contributed by atoms with Gasteiger partial charge in [-0.3, -0.25) is 0 Å². The number of likely N-dealkylation sites (tertiary alicyclic amines) is 1. The number of carboxylic acid groups (broad SMARTS) is 1. The number of urea groups is 1. The van der Waals surface area contributed by atoms with E-state index < -0.39 is 5.97 Å². The lowest BCUT2D eigenvalue weighted by molar-refractivity contribution is 0.0690. The van der Waals surface area contributed by atoms with Crippen LogP contribution in [0, 0.1) is 5.41 Å². The van der Waals surface area contributed by atoms with E-state index in [1.54, 1.807) is 4.90 Å². The van der Waals surface area contributed by atoms with Gasteiger partial charge in [0.05, 0.1) is 12.2 Å². The molecule has 0 saturated carbocycles. The Morgan fingerprint density at radius 3 is 2.60 bits per heavy atom. The van der Waals surface area contributed by atoms with Crippen molar-refractivity contribution in [3.8, 4) is 0 Å². The maximum absolute atomic E-state index is 11.8. The number of nitrogens with one attached hydrogen (secondary N) is 1. The molecule has 1 fully saturated rings. The van der Waals surface area contributed by atoms with Crippen LogP contribution in [0.4, 0.5) is 4.79 Å². The number of aromatic carboxylic acids is 1. The quantitative estimate of drug-likeness (QED) is 0.844. The second kappa shape index (κ2) is 5.10. The Kier molecular flexibility index (Phi) is 3.65. The Balaban J connectivity index is 1.81. The van der Waals surface area contributed by atoms with Gasteiger partial charge in [-0.25, -0.2) is 14.3 Å². The zero-order chi connectivity index (χ0) is 14.9. The normalized spacial score (nSPS) is 15.8. The maximum Gasteiger partial charge on any atom is 0.358 e. The lowest BCUT2D eigenvalue weighted by Gasteiger charge is -2.39. The van der Waals surface area contributed by atoms with E-state index in [0.717, 1.165) is 0 Å². The summed E-state index contributed by atoms with van der Waals surface area (Å²) in [6, 6.07) is -0.106. The Labute approximate surface area is 116 Å². The standard InChI is InChI=1S/C12H19N5O3/c1-12(2,3)7-13-11(20)16-4-8(5-16)17-6-9(10(18)19)14-15-17/h6,8H,4-5,7H2,1-3H3,(H,13,20)(H,18,19). The third-order valence-corrected chi connectivity index (χ3v) is 3.02. The summed E-state index contributed by atoms with van der Waals surface area (Å²) in [6.45, 7) is 7.79. The third kappa shape index (κ3) is 3.25. The van der Waals surface area contributed by atoms with Gasteiger partial charge in [-0.1, -0.05) is 26.0 Å². The summed E-state index contributed by atoms with van der Waals surface area (Å²) in [6.07, 6.45) is 1.39. The van der Waals surface area contributed by atoms with E-state index in [0.29, 0.717) is 19.6 Å². The van der Waals surface area contributed by atoms with Crippen molar-refractivity contribution in [3.05, 3.63) is 11.9 Å². The van der Waals surface area contributed by atoms with Crippen LogP contribution in [-0.4, -0.2) is 56.6 Å². The summed E-state index contributed by atoms with van der Waals surface area (Å²) in [5, 5.41) is 19.0. The van der Waals surface area contributed by atoms with Crippen LogP contribution in [-0.2, 0) is 0 Å². The number of amides is 2. The summed E-state index contributed by atoms with van der Waals surface area (Å²) in [4.78, 5) is 24.2. The molecular formula is C12H19N5O3. The molecule has 1 aliphatic rings. The Morgan fingerprint density at radius 1 is 1.45 bits per heavy atom. The highest BCUT2D eigenvalue weighted by atomic mass is 16.4. The van der Waals surface area contributed by atoms with Crippen molar-refractivity contribution in [2.75, 3.05) is 19.6 Å². The Bertz CT molecular complexity index is 513. The van der Waals surface area contributed by atoms with Crippen LogP contribution in [0.3, 0.4) is 0 Å². The molecule has 2 rings (SSSR count). The first-order valence-corrected chi connectivity index (χ1v) is 6.44. The van der Waals surface area contributed by atoms with Crippen molar-refractivity contribution >= 4 is 12.0 Å². The summed E-state index contributed by atoms with van der Waals surface area (Å²) < 4.78 is 1.50. The fourth-order valence-electron chi connectivity index (χ4n) is 1.79. The predicted octanol–water partition coefficient (Wildman–Crippen LogP) is 0.589. The maximum atomic E-state index is 11.8. The van der Waals surface area contributed by atoms with Gasteiger partial charge in [0.1, 0.15) is 0 Å². The van der Waals surface area contributed by atoms with Crippen molar-refractivity contribution in [2.24, 2.45) is 5.41 Å². The minimum absolute atomic E-state index is 0.00372. The van der Waals surface area contributed by atoms with Crippen molar-refractivity contribution < 1.29 is 14.7 Å². The molecule has 8 heteroatoms. The molecule has 2 N–H and O–H groups in total. The van der Waals surface area contributed by atoms with Gasteiger partial charge >= 0.3 is 12.0 Å². The van der Waals surface area contributed by atoms with E-state index >= 15 is 0 Å². The topological polar surface area (TPSA) is 100 Å². The van der Waals surface area contributed by atoms with Crippen molar-refractivity contribution in [3.63, 3.8) is 0 Å². The average molecular weight is 281 g/mol. The second-order valence-electron chi connectivity index (χ2n) is 6.17. The molecule has 20 heavy (non-hydrogen) atoms. The van der Waals surface area contributed by atoms with Crippen molar-refractivity contribution in [1.82, 2.24) is 25.2 Å². The number of carbonyl (C=O) groups is 2. The van der Waals surface area contributed by atoms with E-state index in [4.69, 9.17) is 5.11 Å². The molecule has 0 atom stereocenters. The van der Waals surface area contributed by atoms with Gasteiger partial charge in [0, 0.05) is 19.6 Å². The number of aromatic nitrogens is 3. The first kappa shape index (κ1) is 14.3. The van der Waals surface area contributed by atoms with Crippen LogP contribution in [0.25, 0.3) is 0 Å². The summed E-state index contributed by atoms with van der Waals surface area (Å²) in [5.41, 5.74) is -0.0389. The van der Waals surface area contributed by atoms with Crippen molar-refractivity contribution in [2.45, 2.75) is 26.8 Å². The van der Waals surface area contributed by atoms with E-state index in [1.165, 1.54) is 10.9 Å². The molecule has 0 radical (unpaired) electrons. The van der Waals surface area contributed by atoms with Gasteiger partial charge in [-0.05, 0) is 5.41 Å². The molecule has 1 saturated heterocycles. The fourth-order valence-corrected chi connectivity index (χ4v) is 1.79. The number of hydrogen-bond acceptors (Lipinski definition) is 4. The Hall–Kier alpha value is -2.12. The molecule has 1 aromatic rings. The highest BCUT2D eigenvalue weighted by Gasteiger charge is 2.33. The number of carbonyl (C=O) groups excluding carboxylic acids is 1. The fraction of sp³-hybridized carbons (Fsp3) is 0.667. The van der Waals surface area contributed by atoms with Gasteiger partial charge in [0.25, 0.3) is 0 Å². The molecular weight excluding hydrogens is 262 g/mol. The van der Waals surface area contributed by atoms with Gasteiger partial charge in [-0.2, -0.15) is 0 Å². The van der Waals surface area contributed by atoms with Crippen LogP contribution >= 0.6 is 0 Å². The molecule has 0 aliphatic carbocycles. The number of hydrogen-bond donors (Lipinski definition) is 2. The smallest absolute Gasteiger partial charge is 0.358 e. The second-order valence-corrected chi connectivity index (χ2v) is 6.17. The summed E-state index contributed by atoms with van der Waals surface area (Å²) >= 11 is 0. The van der Waals surface area contributed by atoms with E-state index in [-0.39, 0.29) is 23.2 Å². The highest BCUT2D eigenvalue weighted by molar-refractivity contribution is 5.84. The van der Waals surface area contributed by atoms with Gasteiger partial charge in [0.2, 0.25) is 0 Å². The number of rotatable bonds is 3. The molecule has 110 valence electrons. The first-order chi connectivity index (χ1) is 9.26. The molecule has 1 aliphatic heterocycles. The lowest BCUT2D eigenvalue weighted by Crippen LogP contribution is -2.55. The summed E-state index contributed by atoms with van der Waals surface area (Å²) in [7, 11) is 0. The predicted molar refractivity (Wildman–Crippen MR) is 70.4 cm³/mol. The molecule has 0 bridgehead atoms. The molecule has 0 unspecified atom stereocenters. The minimum atomic E-state index is -1.10.